The minimum Gasteiger partial charge on any atom is -0.385 e. The van der Waals surface area contributed by atoms with E-state index >= 15 is 0 Å². The first-order chi connectivity index (χ1) is 7.42. The molecule has 1 fully saturated rings. The quantitative estimate of drug-likeness (QED) is 0.773. The van der Waals surface area contributed by atoms with E-state index in [1.807, 2.05) is 0 Å². The number of anilines is 1. The van der Waals surface area contributed by atoms with Crippen molar-refractivity contribution in [2.45, 2.75) is 38.5 Å². The summed E-state index contributed by atoms with van der Waals surface area (Å²) < 4.78 is 0. The van der Waals surface area contributed by atoms with Crippen LogP contribution in [0.4, 0.5) is 5.69 Å². The molecule has 1 aromatic carbocycles. The molecule has 0 atom stereocenters. The predicted octanol–water partition coefficient (Wildman–Crippen LogP) is 3.39. The maximum atomic E-state index is 3.47. The zero-order valence-corrected chi connectivity index (χ0v) is 9.26. The molecule has 1 aromatic rings. The molecule has 15 heavy (non-hydrogen) atoms. The van der Waals surface area contributed by atoms with Gasteiger partial charge in [-0.2, -0.15) is 0 Å². The fourth-order valence-electron chi connectivity index (χ4n) is 2.69. The predicted molar refractivity (Wildman–Crippen MR) is 64.3 cm³/mol. The van der Waals surface area contributed by atoms with Crippen molar-refractivity contribution in [2.24, 2.45) is 5.92 Å². The molecule has 0 radical (unpaired) electrons. The number of rotatable bonds is 2. The van der Waals surface area contributed by atoms with Gasteiger partial charge < -0.3 is 5.32 Å². The van der Waals surface area contributed by atoms with Gasteiger partial charge in [0.15, 0.2) is 0 Å². The van der Waals surface area contributed by atoms with Crippen molar-refractivity contribution < 1.29 is 0 Å². The molecule has 1 heterocycles. The van der Waals surface area contributed by atoms with E-state index in [2.05, 4.69) is 23.5 Å². The van der Waals surface area contributed by atoms with Crippen LogP contribution < -0.4 is 5.32 Å². The Morgan fingerprint density at radius 2 is 2.13 bits per heavy atom. The largest absolute Gasteiger partial charge is 0.385 e. The summed E-state index contributed by atoms with van der Waals surface area (Å²) in [6.45, 7) is 1.15. The molecule has 1 heteroatoms. The van der Waals surface area contributed by atoms with Crippen molar-refractivity contribution in [1.29, 1.82) is 0 Å². The van der Waals surface area contributed by atoms with Crippen molar-refractivity contribution in [3.63, 3.8) is 0 Å². The van der Waals surface area contributed by atoms with Gasteiger partial charge in [-0.1, -0.05) is 31.4 Å². The lowest BCUT2D eigenvalue weighted by Gasteiger charge is -2.26. The van der Waals surface area contributed by atoms with Crippen molar-refractivity contribution in [3.8, 4) is 0 Å². The zero-order chi connectivity index (χ0) is 10.1. The smallest absolute Gasteiger partial charge is 0.0372 e. The van der Waals surface area contributed by atoms with Crippen molar-refractivity contribution in [3.05, 3.63) is 29.3 Å². The molecular weight excluding hydrogens is 182 g/mol. The Balaban J connectivity index is 1.77. The Kier molecular flexibility index (Phi) is 2.40. The Morgan fingerprint density at radius 3 is 2.93 bits per heavy atom. The summed E-state index contributed by atoms with van der Waals surface area (Å²) in [4.78, 5) is 0. The van der Waals surface area contributed by atoms with E-state index in [4.69, 9.17) is 0 Å². The monoisotopic (exact) mass is 201 g/mol. The van der Waals surface area contributed by atoms with Gasteiger partial charge in [-0.15, -0.1) is 0 Å². The van der Waals surface area contributed by atoms with Crippen LogP contribution in [0.3, 0.4) is 0 Å². The topological polar surface area (TPSA) is 12.0 Å². The van der Waals surface area contributed by atoms with Crippen LogP contribution in [0.25, 0.3) is 0 Å². The summed E-state index contributed by atoms with van der Waals surface area (Å²) in [6.07, 6.45) is 8.23. The molecular formula is C14H19N. The summed E-state index contributed by atoms with van der Waals surface area (Å²) >= 11 is 0. The second-order valence-corrected chi connectivity index (χ2v) is 5.02. The zero-order valence-electron chi connectivity index (χ0n) is 9.26. The Bertz CT molecular complexity index is 352. The van der Waals surface area contributed by atoms with E-state index in [0.29, 0.717) is 0 Å². The molecule has 0 spiro atoms. The minimum atomic E-state index is 0.986. The van der Waals surface area contributed by atoms with Crippen LogP contribution in [0.15, 0.2) is 18.2 Å². The first-order valence-electron chi connectivity index (χ1n) is 6.27. The van der Waals surface area contributed by atoms with Gasteiger partial charge in [0.05, 0.1) is 0 Å². The molecule has 0 saturated heterocycles. The number of aryl methyl sites for hydroxylation is 1. The van der Waals surface area contributed by atoms with Crippen LogP contribution in [0.2, 0.25) is 0 Å². The van der Waals surface area contributed by atoms with E-state index < -0.39 is 0 Å². The highest BCUT2D eigenvalue weighted by Crippen LogP contribution is 2.31. The minimum absolute atomic E-state index is 0.986. The highest BCUT2D eigenvalue weighted by molar-refractivity contribution is 5.54. The third-order valence-corrected chi connectivity index (χ3v) is 3.86. The standard InChI is InChI=1S/C14H19N/c1-3-11(4-1)9-12-6-7-14-13(10-12)5-2-8-15-14/h6-7,10-11,15H,1-5,8-9H2. The molecule has 1 aliphatic heterocycles. The lowest BCUT2D eigenvalue weighted by atomic mass is 9.80. The van der Waals surface area contributed by atoms with Crippen molar-refractivity contribution in [2.75, 3.05) is 11.9 Å². The maximum Gasteiger partial charge on any atom is 0.0372 e. The molecule has 1 N–H and O–H groups in total. The average molecular weight is 201 g/mol. The highest BCUT2D eigenvalue weighted by atomic mass is 14.9. The van der Waals surface area contributed by atoms with Crippen LogP contribution >= 0.6 is 0 Å². The summed E-state index contributed by atoms with van der Waals surface area (Å²) in [7, 11) is 0. The van der Waals surface area contributed by atoms with E-state index in [1.54, 1.807) is 5.56 Å². The van der Waals surface area contributed by atoms with Crippen LogP contribution in [0.5, 0.6) is 0 Å². The Hall–Kier alpha value is -0.980. The molecule has 1 saturated carbocycles. The number of fused-ring (bicyclic) bond motifs is 1. The third-order valence-electron chi connectivity index (χ3n) is 3.86. The van der Waals surface area contributed by atoms with Gasteiger partial charge in [0.1, 0.15) is 0 Å². The first kappa shape index (κ1) is 9.26. The lowest BCUT2D eigenvalue weighted by Crippen LogP contribution is -2.15. The highest BCUT2D eigenvalue weighted by Gasteiger charge is 2.18. The molecule has 80 valence electrons. The Labute approximate surface area is 91.9 Å². The van der Waals surface area contributed by atoms with Crippen molar-refractivity contribution >= 4 is 5.69 Å². The summed E-state index contributed by atoms with van der Waals surface area (Å²) in [5, 5.41) is 3.47. The first-order valence-corrected chi connectivity index (χ1v) is 6.27. The molecule has 0 amide bonds. The molecule has 3 rings (SSSR count). The van der Waals surface area contributed by atoms with Crippen LogP contribution in [0.1, 0.15) is 36.8 Å². The van der Waals surface area contributed by atoms with E-state index in [-0.39, 0.29) is 0 Å². The van der Waals surface area contributed by atoms with Gasteiger partial charge in [0.2, 0.25) is 0 Å². The van der Waals surface area contributed by atoms with E-state index in [1.165, 1.54) is 49.8 Å². The molecule has 2 aliphatic rings. The molecule has 0 unspecified atom stereocenters. The van der Waals surface area contributed by atoms with Gasteiger partial charge >= 0.3 is 0 Å². The second-order valence-electron chi connectivity index (χ2n) is 5.02. The fourth-order valence-corrected chi connectivity index (χ4v) is 2.69. The van der Waals surface area contributed by atoms with Gasteiger partial charge in [-0.3, -0.25) is 0 Å². The summed E-state index contributed by atoms with van der Waals surface area (Å²) in [6, 6.07) is 7.03. The summed E-state index contributed by atoms with van der Waals surface area (Å²) in [5.41, 5.74) is 4.47. The van der Waals surface area contributed by atoms with Crippen molar-refractivity contribution in [1.82, 2.24) is 0 Å². The number of hydrogen-bond acceptors (Lipinski definition) is 1. The van der Waals surface area contributed by atoms with Gasteiger partial charge in [-0.25, -0.2) is 0 Å². The maximum absolute atomic E-state index is 3.47. The Morgan fingerprint density at radius 1 is 1.20 bits per heavy atom. The number of hydrogen-bond donors (Lipinski definition) is 1. The number of benzene rings is 1. The molecule has 0 bridgehead atoms. The second kappa shape index (κ2) is 3.88. The normalized spacial score (nSPS) is 20.3. The van der Waals surface area contributed by atoms with Crippen LogP contribution in [0, 0.1) is 5.92 Å². The van der Waals surface area contributed by atoms with E-state index in [9.17, 15) is 0 Å². The SMILES string of the molecule is c1cc2c(cc1CC1CCC1)CCCN2. The molecule has 1 nitrogen and oxygen atoms in total. The van der Waals surface area contributed by atoms with Gasteiger partial charge in [0, 0.05) is 12.2 Å². The van der Waals surface area contributed by atoms with E-state index in [0.717, 1.165) is 12.5 Å². The van der Waals surface area contributed by atoms with Gasteiger partial charge in [0.25, 0.3) is 0 Å². The molecule has 1 aliphatic carbocycles. The summed E-state index contributed by atoms with van der Waals surface area (Å²) in [5.74, 6) is 0.986. The molecule has 0 aromatic heterocycles. The third kappa shape index (κ3) is 1.88. The average Bonchev–Trinajstić information content (AvgIpc) is 2.23. The van der Waals surface area contributed by atoms with Gasteiger partial charge in [-0.05, 0) is 42.4 Å². The number of nitrogens with one attached hydrogen (secondary N) is 1. The van der Waals surface area contributed by atoms with Crippen LogP contribution in [-0.2, 0) is 12.8 Å². The lowest BCUT2D eigenvalue weighted by molar-refractivity contribution is 0.314. The van der Waals surface area contributed by atoms with Crippen LogP contribution in [-0.4, -0.2) is 6.54 Å². The fraction of sp³-hybridized carbons (Fsp3) is 0.571.